The quantitative estimate of drug-likeness (QED) is 0.438. The van der Waals surface area contributed by atoms with E-state index in [0.717, 1.165) is 0 Å². The standard InChI is InChI=1S/C10H20N4O3/c1-6(2)13-10-7(11)3-12-14(10)4-8(16)9(17)5-15/h3,6,8-9,13,15-17H,4-5,11H2,1-2H3. The maximum absolute atomic E-state index is 9.60. The van der Waals surface area contributed by atoms with Gasteiger partial charge in [-0.25, -0.2) is 4.68 Å². The van der Waals surface area contributed by atoms with E-state index < -0.39 is 18.8 Å². The van der Waals surface area contributed by atoms with E-state index in [0.29, 0.717) is 11.5 Å². The number of aliphatic hydroxyl groups is 3. The Kier molecular flexibility index (Phi) is 4.73. The second-order valence-corrected chi connectivity index (χ2v) is 4.25. The number of hydrogen-bond donors (Lipinski definition) is 5. The summed E-state index contributed by atoms with van der Waals surface area (Å²) in [6.07, 6.45) is -0.803. The molecule has 0 saturated heterocycles. The van der Waals surface area contributed by atoms with Gasteiger partial charge in [-0.05, 0) is 13.8 Å². The van der Waals surface area contributed by atoms with E-state index >= 15 is 0 Å². The highest BCUT2D eigenvalue weighted by Crippen LogP contribution is 2.19. The molecule has 1 heterocycles. The molecule has 98 valence electrons. The molecule has 0 amide bonds. The van der Waals surface area contributed by atoms with Crippen LogP contribution in [-0.2, 0) is 6.54 Å². The number of nitrogens with zero attached hydrogens (tertiary/aromatic N) is 2. The topological polar surface area (TPSA) is 117 Å². The van der Waals surface area contributed by atoms with Gasteiger partial charge in [-0.2, -0.15) is 5.10 Å². The third-order valence-corrected chi connectivity index (χ3v) is 2.28. The van der Waals surface area contributed by atoms with Gasteiger partial charge in [-0.3, -0.25) is 0 Å². The molecule has 0 aromatic carbocycles. The fourth-order valence-corrected chi connectivity index (χ4v) is 1.39. The molecule has 0 radical (unpaired) electrons. The zero-order valence-electron chi connectivity index (χ0n) is 10.0. The molecule has 0 aliphatic rings. The fourth-order valence-electron chi connectivity index (χ4n) is 1.39. The summed E-state index contributed by atoms with van der Waals surface area (Å²) in [4.78, 5) is 0. The van der Waals surface area contributed by atoms with Crippen LogP contribution in [0.5, 0.6) is 0 Å². The normalized spacial score (nSPS) is 14.9. The number of rotatable bonds is 6. The Balaban J connectivity index is 2.77. The van der Waals surface area contributed by atoms with Crippen LogP contribution in [0.1, 0.15) is 13.8 Å². The average molecular weight is 244 g/mol. The minimum atomic E-state index is -1.19. The number of aliphatic hydroxyl groups excluding tert-OH is 3. The van der Waals surface area contributed by atoms with Gasteiger partial charge in [0.1, 0.15) is 18.0 Å². The molecule has 0 bridgehead atoms. The zero-order chi connectivity index (χ0) is 13.0. The van der Waals surface area contributed by atoms with Gasteiger partial charge < -0.3 is 26.4 Å². The molecule has 1 rings (SSSR count). The van der Waals surface area contributed by atoms with Gasteiger partial charge in [-0.15, -0.1) is 0 Å². The van der Waals surface area contributed by atoms with Crippen LogP contribution in [0.25, 0.3) is 0 Å². The molecule has 0 saturated carbocycles. The first-order chi connectivity index (χ1) is 7.95. The lowest BCUT2D eigenvalue weighted by atomic mass is 10.2. The van der Waals surface area contributed by atoms with Crippen molar-refractivity contribution >= 4 is 11.5 Å². The molecule has 7 nitrogen and oxygen atoms in total. The molecule has 0 aliphatic heterocycles. The number of nitrogens with two attached hydrogens (primary N) is 1. The lowest BCUT2D eigenvalue weighted by Gasteiger charge is -2.18. The average Bonchev–Trinajstić information content (AvgIpc) is 2.59. The van der Waals surface area contributed by atoms with E-state index in [2.05, 4.69) is 10.4 Å². The first-order valence-electron chi connectivity index (χ1n) is 5.50. The molecule has 0 fully saturated rings. The van der Waals surface area contributed by atoms with E-state index in [4.69, 9.17) is 10.8 Å². The van der Waals surface area contributed by atoms with E-state index in [1.807, 2.05) is 13.8 Å². The van der Waals surface area contributed by atoms with E-state index in [-0.39, 0.29) is 12.6 Å². The molecular formula is C10H20N4O3. The Morgan fingerprint density at radius 2 is 2.06 bits per heavy atom. The lowest BCUT2D eigenvalue weighted by molar-refractivity contribution is -0.0227. The van der Waals surface area contributed by atoms with Crippen LogP contribution >= 0.6 is 0 Å². The van der Waals surface area contributed by atoms with Crippen LogP contribution in [0, 0.1) is 0 Å². The maximum Gasteiger partial charge on any atom is 0.148 e. The van der Waals surface area contributed by atoms with Gasteiger partial charge in [0.15, 0.2) is 0 Å². The first kappa shape index (κ1) is 13.8. The summed E-state index contributed by atoms with van der Waals surface area (Å²) in [7, 11) is 0. The highest BCUT2D eigenvalue weighted by Gasteiger charge is 2.18. The summed E-state index contributed by atoms with van der Waals surface area (Å²) in [5, 5.41) is 34.7. The molecular weight excluding hydrogens is 224 g/mol. The second-order valence-electron chi connectivity index (χ2n) is 4.25. The smallest absolute Gasteiger partial charge is 0.148 e. The molecule has 0 aliphatic carbocycles. The van der Waals surface area contributed by atoms with Crippen molar-refractivity contribution in [1.29, 1.82) is 0 Å². The molecule has 1 aromatic heterocycles. The van der Waals surface area contributed by atoms with Gasteiger partial charge in [-0.1, -0.05) is 0 Å². The maximum atomic E-state index is 9.60. The molecule has 0 spiro atoms. The van der Waals surface area contributed by atoms with E-state index in [1.54, 1.807) is 0 Å². The van der Waals surface area contributed by atoms with Gasteiger partial charge in [0, 0.05) is 6.04 Å². The largest absolute Gasteiger partial charge is 0.394 e. The summed E-state index contributed by atoms with van der Waals surface area (Å²) in [6.45, 7) is 3.48. The number of aromatic nitrogens is 2. The Bertz CT molecular complexity index is 353. The SMILES string of the molecule is CC(C)Nc1c(N)cnn1CC(O)C(O)CO. The van der Waals surface area contributed by atoms with Crippen molar-refractivity contribution in [2.24, 2.45) is 0 Å². The summed E-state index contributed by atoms with van der Waals surface area (Å²) in [5.74, 6) is 0.601. The van der Waals surface area contributed by atoms with Crippen molar-refractivity contribution in [2.75, 3.05) is 17.7 Å². The summed E-state index contributed by atoms with van der Waals surface area (Å²) in [6, 6.07) is 0.174. The van der Waals surface area contributed by atoms with Crippen molar-refractivity contribution in [2.45, 2.75) is 38.6 Å². The second kappa shape index (κ2) is 5.85. The van der Waals surface area contributed by atoms with Gasteiger partial charge in [0.2, 0.25) is 0 Å². The monoisotopic (exact) mass is 244 g/mol. The molecule has 2 unspecified atom stereocenters. The third-order valence-electron chi connectivity index (χ3n) is 2.28. The Labute approximate surface area is 99.9 Å². The third kappa shape index (κ3) is 3.58. The number of anilines is 2. The first-order valence-corrected chi connectivity index (χ1v) is 5.50. The Morgan fingerprint density at radius 3 is 2.59 bits per heavy atom. The fraction of sp³-hybridized carbons (Fsp3) is 0.700. The molecule has 17 heavy (non-hydrogen) atoms. The molecule has 6 N–H and O–H groups in total. The summed E-state index contributed by atoms with van der Waals surface area (Å²) >= 11 is 0. The van der Waals surface area contributed by atoms with Crippen LogP contribution < -0.4 is 11.1 Å². The highest BCUT2D eigenvalue weighted by atomic mass is 16.4. The predicted molar refractivity (Wildman–Crippen MR) is 64.5 cm³/mol. The predicted octanol–water partition coefficient (Wildman–Crippen LogP) is -1.00. The van der Waals surface area contributed by atoms with Crippen molar-refractivity contribution in [1.82, 2.24) is 9.78 Å². The van der Waals surface area contributed by atoms with Crippen LogP contribution in [0.15, 0.2) is 6.20 Å². The van der Waals surface area contributed by atoms with E-state index in [9.17, 15) is 10.2 Å². The van der Waals surface area contributed by atoms with Gasteiger partial charge in [0.05, 0.1) is 25.0 Å². The Morgan fingerprint density at radius 1 is 1.41 bits per heavy atom. The van der Waals surface area contributed by atoms with Gasteiger partial charge >= 0.3 is 0 Å². The number of nitrogens with one attached hydrogen (secondary N) is 1. The van der Waals surface area contributed by atoms with Crippen LogP contribution in [0.4, 0.5) is 11.5 Å². The summed E-state index contributed by atoms with van der Waals surface area (Å²) in [5.41, 5.74) is 6.21. The number of nitrogen functional groups attached to an aromatic ring is 1. The molecule has 1 aromatic rings. The van der Waals surface area contributed by atoms with Crippen molar-refractivity contribution < 1.29 is 15.3 Å². The molecule has 7 heteroatoms. The lowest BCUT2D eigenvalue weighted by Crippen LogP contribution is -2.34. The number of hydrogen-bond acceptors (Lipinski definition) is 6. The van der Waals surface area contributed by atoms with Crippen molar-refractivity contribution in [3.8, 4) is 0 Å². The summed E-state index contributed by atoms with van der Waals surface area (Å²) < 4.78 is 1.47. The van der Waals surface area contributed by atoms with Gasteiger partial charge in [0.25, 0.3) is 0 Å². The van der Waals surface area contributed by atoms with Crippen LogP contribution in [-0.4, -0.2) is 50.0 Å². The highest BCUT2D eigenvalue weighted by molar-refractivity contribution is 5.60. The van der Waals surface area contributed by atoms with Crippen LogP contribution in [0.2, 0.25) is 0 Å². The zero-order valence-corrected chi connectivity index (χ0v) is 10.0. The molecule has 2 atom stereocenters. The van der Waals surface area contributed by atoms with E-state index in [1.165, 1.54) is 10.9 Å². The minimum absolute atomic E-state index is 0.0635. The Hall–Kier alpha value is -1.31. The van der Waals surface area contributed by atoms with Crippen molar-refractivity contribution in [3.63, 3.8) is 0 Å². The minimum Gasteiger partial charge on any atom is -0.394 e. The van der Waals surface area contributed by atoms with Crippen LogP contribution in [0.3, 0.4) is 0 Å². The van der Waals surface area contributed by atoms with Crippen molar-refractivity contribution in [3.05, 3.63) is 6.20 Å².